The van der Waals surface area contributed by atoms with Crippen molar-refractivity contribution >= 4 is 0 Å². The summed E-state index contributed by atoms with van der Waals surface area (Å²) >= 11 is 0. The summed E-state index contributed by atoms with van der Waals surface area (Å²) in [4.78, 5) is 5.68. The zero-order chi connectivity index (χ0) is 9.68. The van der Waals surface area contributed by atoms with Crippen LogP contribution in [0.15, 0.2) is 18.3 Å². The van der Waals surface area contributed by atoms with Gasteiger partial charge in [-0.25, -0.2) is 4.39 Å². The van der Waals surface area contributed by atoms with Crippen LogP contribution in [0.1, 0.15) is 5.69 Å². The molecule has 0 aromatic carbocycles. The summed E-state index contributed by atoms with van der Waals surface area (Å²) in [5, 5.41) is 8.39. The van der Waals surface area contributed by atoms with Crippen molar-refractivity contribution in [2.24, 2.45) is 0 Å². The van der Waals surface area contributed by atoms with Gasteiger partial charge in [0, 0.05) is 6.54 Å². The first-order chi connectivity index (χ1) is 6.22. The minimum Gasteiger partial charge on any atom is -0.288 e. The molecule has 1 aromatic rings. The van der Waals surface area contributed by atoms with Crippen LogP contribution in [0.4, 0.5) is 4.39 Å². The molecule has 0 spiro atoms. The molecule has 0 unspecified atom stereocenters. The highest BCUT2D eigenvalue weighted by atomic mass is 19.1. The Morgan fingerprint density at radius 3 is 2.92 bits per heavy atom. The highest BCUT2D eigenvalue weighted by Gasteiger charge is 2.00. The van der Waals surface area contributed by atoms with E-state index in [1.165, 1.54) is 12.3 Å². The smallest absolute Gasteiger partial charge is 0.141 e. The number of aromatic nitrogens is 1. The van der Waals surface area contributed by atoms with Crippen LogP contribution in [0.2, 0.25) is 0 Å². The highest BCUT2D eigenvalue weighted by Crippen LogP contribution is 2.00. The molecule has 1 rings (SSSR count). The molecular weight excluding hydrogens is 169 g/mol. The van der Waals surface area contributed by atoms with Crippen molar-refractivity contribution < 1.29 is 4.39 Å². The van der Waals surface area contributed by atoms with E-state index in [-0.39, 0.29) is 5.82 Å². The summed E-state index contributed by atoms with van der Waals surface area (Å²) < 4.78 is 12.4. The summed E-state index contributed by atoms with van der Waals surface area (Å²) in [5.41, 5.74) is 0.763. The molecule has 1 heterocycles. The second kappa shape index (κ2) is 4.53. The molecule has 4 heteroatoms. The van der Waals surface area contributed by atoms with Crippen LogP contribution < -0.4 is 0 Å². The van der Waals surface area contributed by atoms with Crippen molar-refractivity contribution in [3.8, 4) is 6.07 Å². The third-order valence-corrected chi connectivity index (χ3v) is 1.56. The fraction of sp³-hybridized carbons (Fsp3) is 0.333. The van der Waals surface area contributed by atoms with Gasteiger partial charge in [-0.05, 0) is 19.2 Å². The lowest BCUT2D eigenvalue weighted by Crippen LogP contribution is -2.18. The first-order valence-electron chi connectivity index (χ1n) is 3.88. The lowest BCUT2D eigenvalue weighted by molar-refractivity contribution is 0.362. The second-order valence-electron chi connectivity index (χ2n) is 2.80. The van der Waals surface area contributed by atoms with Crippen LogP contribution in [0.25, 0.3) is 0 Å². The summed E-state index contributed by atoms with van der Waals surface area (Å²) in [6, 6.07) is 5.00. The van der Waals surface area contributed by atoms with Crippen molar-refractivity contribution in [1.29, 1.82) is 5.26 Å². The predicted molar refractivity (Wildman–Crippen MR) is 46.1 cm³/mol. The molecule has 0 saturated carbocycles. The third-order valence-electron chi connectivity index (χ3n) is 1.56. The third kappa shape index (κ3) is 3.18. The summed E-state index contributed by atoms with van der Waals surface area (Å²) in [6.45, 7) is 0.910. The van der Waals surface area contributed by atoms with Crippen LogP contribution in [0.5, 0.6) is 0 Å². The van der Waals surface area contributed by atoms with Gasteiger partial charge >= 0.3 is 0 Å². The molecule has 0 aliphatic carbocycles. The number of hydrogen-bond acceptors (Lipinski definition) is 3. The molecule has 3 nitrogen and oxygen atoms in total. The number of rotatable bonds is 3. The van der Waals surface area contributed by atoms with Crippen LogP contribution >= 0.6 is 0 Å². The minimum absolute atomic E-state index is 0.341. The first kappa shape index (κ1) is 9.62. The van der Waals surface area contributed by atoms with Gasteiger partial charge in [0.15, 0.2) is 0 Å². The Hall–Kier alpha value is -1.47. The molecule has 0 fully saturated rings. The van der Waals surface area contributed by atoms with Gasteiger partial charge in [0.1, 0.15) is 5.82 Å². The molecule has 0 saturated heterocycles. The van der Waals surface area contributed by atoms with Gasteiger partial charge in [-0.2, -0.15) is 5.26 Å². The first-order valence-corrected chi connectivity index (χ1v) is 3.88. The van der Waals surface area contributed by atoms with Crippen molar-refractivity contribution in [3.05, 3.63) is 29.8 Å². The summed E-state index contributed by atoms with van der Waals surface area (Å²) in [6.07, 6.45) is 1.18. The van der Waals surface area contributed by atoms with E-state index in [4.69, 9.17) is 5.26 Å². The maximum absolute atomic E-state index is 12.4. The lowest BCUT2D eigenvalue weighted by Gasteiger charge is -2.10. The van der Waals surface area contributed by atoms with Gasteiger partial charge in [0.05, 0.1) is 24.5 Å². The Kier molecular flexibility index (Phi) is 3.35. The highest BCUT2D eigenvalue weighted by molar-refractivity contribution is 5.05. The Labute approximate surface area is 76.4 Å². The van der Waals surface area contributed by atoms with E-state index in [1.807, 2.05) is 13.1 Å². The molecule has 0 amide bonds. The van der Waals surface area contributed by atoms with E-state index in [9.17, 15) is 4.39 Å². The molecule has 1 aromatic heterocycles. The maximum atomic E-state index is 12.4. The molecular formula is C9H10FN3. The van der Waals surface area contributed by atoms with Crippen LogP contribution in [0, 0.1) is 17.1 Å². The average Bonchev–Trinajstić information content (AvgIpc) is 2.09. The molecule has 0 aliphatic heterocycles. The maximum Gasteiger partial charge on any atom is 0.141 e. The number of hydrogen-bond donors (Lipinski definition) is 0. The van der Waals surface area contributed by atoms with Crippen molar-refractivity contribution in [3.63, 3.8) is 0 Å². The molecule has 0 aliphatic rings. The summed E-state index contributed by atoms with van der Waals surface area (Å²) in [7, 11) is 1.81. The van der Waals surface area contributed by atoms with E-state index < -0.39 is 0 Å². The molecule has 0 radical (unpaired) electrons. The standard InChI is InChI=1S/C9H10FN3/c1-13(5-4-11)7-9-3-2-8(10)6-12-9/h2-3,6H,5,7H2,1H3. The van der Waals surface area contributed by atoms with Gasteiger partial charge in [0.25, 0.3) is 0 Å². The second-order valence-corrected chi connectivity index (χ2v) is 2.80. The molecule has 68 valence electrons. The summed E-state index contributed by atoms with van der Waals surface area (Å²) in [5.74, 6) is -0.341. The Balaban J connectivity index is 2.55. The van der Waals surface area contributed by atoms with Gasteiger partial charge in [-0.1, -0.05) is 0 Å². The van der Waals surface area contributed by atoms with E-state index in [2.05, 4.69) is 4.98 Å². The Bertz CT molecular complexity index is 302. The molecule has 0 atom stereocenters. The number of halogens is 1. The fourth-order valence-electron chi connectivity index (χ4n) is 0.953. The van der Waals surface area contributed by atoms with E-state index in [0.29, 0.717) is 13.1 Å². The van der Waals surface area contributed by atoms with Gasteiger partial charge in [-0.15, -0.1) is 0 Å². The monoisotopic (exact) mass is 179 g/mol. The zero-order valence-corrected chi connectivity index (χ0v) is 7.37. The molecule has 13 heavy (non-hydrogen) atoms. The Morgan fingerprint density at radius 2 is 2.38 bits per heavy atom. The number of pyridine rings is 1. The molecule has 0 N–H and O–H groups in total. The average molecular weight is 179 g/mol. The largest absolute Gasteiger partial charge is 0.288 e. The van der Waals surface area contributed by atoms with Crippen molar-refractivity contribution in [2.45, 2.75) is 6.54 Å². The SMILES string of the molecule is CN(CC#N)Cc1ccc(F)cn1. The lowest BCUT2D eigenvalue weighted by atomic mass is 10.3. The van der Waals surface area contributed by atoms with E-state index in [1.54, 1.807) is 11.0 Å². The van der Waals surface area contributed by atoms with Gasteiger partial charge in [0.2, 0.25) is 0 Å². The number of nitriles is 1. The normalized spacial score (nSPS) is 10.0. The van der Waals surface area contributed by atoms with Gasteiger partial charge < -0.3 is 0 Å². The van der Waals surface area contributed by atoms with E-state index in [0.717, 1.165) is 5.69 Å². The fourth-order valence-corrected chi connectivity index (χ4v) is 0.953. The van der Waals surface area contributed by atoms with Crippen LogP contribution in [-0.2, 0) is 6.54 Å². The van der Waals surface area contributed by atoms with Crippen LogP contribution in [-0.4, -0.2) is 23.5 Å². The molecule has 0 bridgehead atoms. The van der Waals surface area contributed by atoms with E-state index >= 15 is 0 Å². The number of nitrogens with zero attached hydrogens (tertiary/aromatic N) is 3. The predicted octanol–water partition coefficient (Wildman–Crippen LogP) is 1.18. The minimum atomic E-state index is -0.341. The Morgan fingerprint density at radius 1 is 1.62 bits per heavy atom. The zero-order valence-electron chi connectivity index (χ0n) is 7.37. The van der Waals surface area contributed by atoms with Gasteiger partial charge in [-0.3, -0.25) is 9.88 Å². The quantitative estimate of drug-likeness (QED) is 0.654. The topological polar surface area (TPSA) is 39.9 Å². The van der Waals surface area contributed by atoms with Crippen LogP contribution in [0.3, 0.4) is 0 Å². The van der Waals surface area contributed by atoms with Crippen molar-refractivity contribution in [1.82, 2.24) is 9.88 Å². The van der Waals surface area contributed by atoms with Crippen molar-refractivity contribution in [2.75, 3.05) is 13.6 Å².